The molecule has 0 heterocycles. The molecule has 0 bridgehead atoms. The fourth-order valence-corrected chi connectivity index (χ4v) is 3.06. The number of aryl methyl sites for hydroxylation is 1. The number of carbonyl (C=O) groups is 1. The molecule has 0 aromatic heterocycles. The quantitative estimate of drug-likeness (QED) is 0.827. The minimum atomic E-state index is -3.70. The molecule has 0 saturated heterocycles. The van der Waals surface area contributed by atoms with Crippen LogP contribution in [0.1, 0.15) is 12.5 Å². The van der Waals surface area contributed by atoms with Gasteiger partial charge in [0.15, 0.2) is 0 Å². The minimum absolute atomic E-state index is 0.178. The lowest BCUT2D eigenvalue weighted by molar-refractivity contribution is -0.139. The van der Waals surface area contributed by atoms with E-state index in [0.29, 0.717) is 12.0 Å². The number of carbonyl (C=O) groups excluding carboxylic acids is 1. The monoisotopic (exact) mass is 335 g/mol. The highest BCUT2D eigenvalue weighted by molar-refractivity contribution is 9.10. The molecule has 0 spiro atoms. The molecular formula is C11H14BrNO4S. The first-order valence-corrected chi connectivity index (χ1v) is 7.53. The molecule has 0 fully saturated rings. The van der Waals surface area contributed by atoms with Crippen LogP contribution >= 0.6 is 15.9 Å². The van der Waals surface area contributed by atoms with Gasteiger partial charge in [-0.2, -0.15) is 4.72 Å². The van der Waals surface area contributed by atoms with Crippen LogP contribution in [0.3, 0.4) is 0 Å². The third kappa shape index (κ3) is 3.79. The molecule has 0 aliphatic rings. The third-order valence-electron chi connectivity index (χ3n) is 2.33. The van der Waals surface area contributed by atoms with E-state index in [-0.39, 0.29) is 11.4 Å². The van der Waals surface area contributed by atoms with E-state index in [4.69, 9.17) is 0 Å². The predicted molar refractivity (Wildman–Crippen MR) is 70.7 cm³/mol. The molecule has 7 heteroatoms. The van der Waals surface area contributed by atoms with Gasteiger partial charge in [0.2, 0.25) is 10.0 Å². The van der Waals surface area contributed by atoms with Crippen molar-refractivity contribution < 1.29 is 17.9 Å². The number of rotatable bonds is 5. The van der Waals surface area contributed by atoms with Crippen molar-refractivity contribution in [2.75, 3.05) is 13.7 Å². The Kier molecular flexibility index (Phi) is 5.30. The number of hydrogen-bond donors (Lipinski definition) is 1. The number of nitrogens with one attached hydrogen (secondary N) is 1. The number of ether oxygens (including phenoxy) is 1. The summed E-state index contributed by atoms with van der Waals surface area (Å²) in [5.74, 6) is -0.631. The molecule has 0 atom stereocenters. The van der Waals surface area contributed by atoms with Crippen molar-refractivity contribution in [2.45, 2.75) is 18.2 Å². The molecule has 0 unspecified atom stereocenters. The van der Waals surface area contributed by atoms with Crippen LogP contribution in [0, 0.1) is 0 Å². The summed E-state index contributed by atoms with van der Waals surface area (Å²) in [4.78, 5) is 11.1. The maximum Gasteiger partial charge on any atom is 0.320 e. The molecule has 18 heavy (non-hydrogen) atoms. The van der Waals surface area contributed by atoms with E-state index in [1.165, 1.54) is 13.2 Å². The smallest absolute Gasteiger partial charge is 0.320 e. The maximum atomic E-state index is 12.0. The van der Waals surface area contributed by atoms with Gasteiger partial charge in [0.25, 0.3) is 0 Å². The summed E-state index contributed by atoms with van der Waals surface area (Å²) in [7, 11) is -2.49. The number of benzene rings is 1. The van der Waals surface area contributed by atoms with Gasteiger partial charge in [0.05, 0.1) is 12.0 Å². The number of esters is 1. The number of hydrogen-bond acceptors (Lipinski definition) is 4. The Morgan fingerprint density at radius 3 is 2.67 bits per heavy atom. The van der Waals surface area contributed by atoms with E-state index >= 15 is 0 Å². The Morgan fingerprint density at radius 1 is 1.44 bits per heavy atom. The summed E-state index contributed by atoms with van der Waals surface area (Å²) >= 11 is 3.29. The molecule has 1 aromatic rings. The van der Waals surface area contributed by atoms with Crippen LogP contribution in [0.4, 0.5) is 0 Å². The van der Waals surface area contributed by atoms with E-state index in [9.17, 15) is 13.2 Å². The fraction of sp³-hybridized carbons (Fsp3) is 0.364. The standard InChI is InChI=1S/C11H14BrNO4S/c1-3-8-6-9(12)4-5-10(8)18(15,16)13-7-11(14)17-2/h4-6,13H,3,7H2,1-2H3. The average Bonchev–Trinajstić information content (AvgIpc) is 2.35. The number of sulfonamides is 1. The molecule has 0 aliphatic carbocycles. The highest BCUT2D eigenvalue weighted by Crippen LogP contribution is 2.21. The van der Waals surface area contributed by atoms with E-state index < -0.39 is 16.0 Å². The van der Waals surface area contributed by atoms with Gasteiger partial charge in [0.1, 0.15) is 6.54 Å². The van der Waals surface area contributed by atoms with Crippen LogP contribution in [0.25, 0.3) is 0 Å². The Labute approximate surface area is 115 Å². The van der Waals surface area contributed by atoms with Crippen molar-refractivity contribution in [2.24, 2.45) is 0 Å². The first-order valence-electron chi connectivity index (χ1n) is 5.25. The summed E-state index contributed by atoms with van der Waals surface area (Å²) < 4.78 is 31.4. The molecule has 1 rings (SSSR count). The van der Waals surface area contributed by atoms with E-state index in [1.54, 1.807) is 12.1 Å². The molecule has 100 valence electrons. The summed E-state index contributed by atoms with van der Waals surface area (Å²) in [6.07, 6.45) is 0.577. The highest BCUT2D eigenvalue weighted by Gasteiger charge is 2.19. The van der Waals surface area contributed by atoms with Crippen LogP contribution in [0.15, 0.2) is 27.6 Å². The predicted octanol–water partition coefficient (Wildman–Crippen LogP) is 1.46. The average molecular weight is 336 g/mol. The second kappa shape index (κ2) is 6.31. The molecule has 0 aliphatic heterocycles. The van der Waals surface area contributed by atoms with Gasteiger partial charge in [0, 0.05) is 4.47 Å². The molecule has 1 N–H and O–H groups in total. The maximum absolute atomic E-state index is 12.0. The highest BCUT2D eigenvalue weighted by atomic mass is 79.9. The lowest BCUT2D eigenvalue weighted by Crippen LogP contribution is -2.30. The first kappa shape index (κ1) is 15.1. The first-order chi connectivity index (χ1) is 8.40. The van der Waals surface area contributed by atoms with Crippen molar-refractivity contribution in [3.63, 3.8) is 0 Å². The Morgan fingerprint density at radius 2 is 2.11 bits per heavy atom. The van der Waals surface area contributed by atoms with E-state index in [2.05, 4.69) is 25.4 Å². The number of halogens is 1. The van der Waals surface area contributed by atoms with E-state index in [0.717, 1.165) is 4.47 Å². The van der Waals surface area contributed by atoms with Gasteiger partial charge in [-0.25, -0.2) is 8.42 Å². The van der Waals surface area contributed by atoms with Gasteiger partial charge >= 0.3 is 5.97 Å². The topological polar surface area (TPSA) is 72.5 Å². The van der Waals surface area contributed by atoms with Crippen molar-refractivity contribution in [3.8, 4) is 0 Å². The van der Waals surface area contributed by atoms with Gasteiger partial charge in [-0.15, -0.1) is 0 Å². The van der Waals surface area contributed by atoms with Crippen LogP contribution in [-0.2, 0) is 26.0 Å². The van der Waals surface area contributed by atoms with Crippen LogP contribution in [-0.4, -0.2) is 28.0 Å². The molecule has 0 radical (unpaired) electrons. The molecule has 0 amide bonds. The van der Waals surface area contributed by atoms with Crippen molar-refractivity contribution in [1.82, 2.24) is 4.72 Å². The minimum Gasteiger partial charge on any atom is -0.468 e. The van der Waals surface area contributed by atoms with Crippen molar-refractivity contribution in [1.29, 1.82) is 0 Å². The summed E-state index contributed by atoms with van der Waals surface area (Å²) in [6.45, 7) is 1.49. The largest absolute Gasteiger partial charge is 0.468 e. The summed E-state index contributed by atoms with van der Waals surface area (Å²) in [5, 5.41) is 0. The summed E-state index contributed by atoms with van der Waals surface area (Å²) in [5.41, 5.74) is 0.682. The fourth-order valence-electron chi connectivity index (χ4n) is 1.39. The lowest BCUT2D eigenvalue weighted by atomic mass is 10.2. The van der Waals surface area contributed by atoms with Gasteiger partial charge in [-0.1, -0.05) is 22.9 Å². The van der Waals surface area contributed by atoms with Gasteiger partial charge < -0.3 is 4.74 Å². The SMILES string of the molecule is CCc1cc(Br)ccc1S(=O)(=O)NCC(=O)OC. The zero-order valence-electron chi connectivity index (χ0n) is 10.1. The zero-order chi connectivity index (χ0) is 13.8. The molecule has 0 saturated carbocycles. The van der Waals surface area contributed by atoms with E-state index in [1.807, 2.05) is 6.92 Å². The van der Waals surface area contributed by atoms with Crippen molar-refractivity contribution >= 4 is 31.9 Å². The van der Waals surface area contributed by atoms with Gasteiger partial charge in [-0.05, 0) is 30.2 Å². The van der Waals surface area contributed by atoms with Crippen LogP contribution < -0.4 is 4.72 Å². The Bertz CT molecular complexity index is 542. The van der Waals surface area contributed by atoms with Crippen LogP contribution in [0.2, 0.25) is 0 Å². The van der Waals surface area contributed by atoms with Gasteiger partial charge in [-0.3, -0.25) is 4.79 Å². The van der Waals surface area contributed by atoms with Crippen LogP contribution in [0.5, 0.6) is 0 Å². The Balaban J connectivity index is 3.01. The second-order valence-corrected chi connectivity index (χ2v) is 6.16. The summed E-state index contributed by atoms with van der Waals surface area (Å²) in [6, 6.07) is 4.89. The van der Waals surface area contributed by atoms with Crippen molar-refractivity contribution in [3.05, 3.63) is 28.2 Å². The normalized spacial score (nSPS) is 11.3. The Hall–Kier alpha value is -0.920. The molecule has 5 nitrogen and oxygen atoms in total. The second-order valence-electron chi connectivity index (χ2n) is 3.51. The number of methoxy groups -OCH3 is 1. The molecular weight excluding hydrogens is 322 g/mol. The third-order valence-corrected chi connectivity index (χ3v) is 4.32. The zero-order valence-corrected chi connectivity index (χ0v) is 12.5. The molecule has 1 aromatic carbocycles. The lowest BCUT2D eigenvalue weighted by Gasteiger charge is -2.10.